The molecule has 0 radical (unpaired) electrons. The van der Waals surface area contributed by atoms with Crippen molar-refractivity contribution in [2.75, 3.05) is 32.7 Å². The van der Waals surface area contributed by atoms with Crippen LogP contribution in [-0.4, -0.2) is 61.5 Å². The van der Waals surface area contributed by atoms with Gasteiger partial charge in [0.25, 0.3) is 0 Å². The van der Waals surface area contributed by atoms with Crippen LogP contribution in [0.1, 0.15) is 12.5 Å². The second-order valence-corrected chi connectivity index (χ2v) is 7.10. The van der Waals surface area contributed by atoms with Gasteiger partial charge in [0.05, 0.1) is 0 Å². The predicted molar refractivity (Wildman–Crippen MR) is 82.2 cm³/mol. The number of nitrogens with one attached hydrogen (secondary N) is 1. The highest BCUT2D eigenvalue weighted by molar-refractivity contribution is 7.89. The van der Waals surface area contributed by atoms with E-state index in [-0.39, 0.29) is 29.8 Å². The van der Waals surface area contributed by atoms with Gasteiger partial charge in [-0.1, -0.05) is 6.07 Å². The highest BCUT2D eigenvalue weighted by Gasteiger charge is 2.31. The molecule has 1 aliphatic heterocycles. The van der Waals surface area contributed by atoms with Gasteiger partial charge in [-0.05, 0) is 31.5 Å². The molecule has 0 aliphatic carbocycles. The van der Waals surface area contributed by atoms with Crippen LogP contribution in [0.3, 0.4) is 0 Å². The molecule has 1 heterocycles. The number of aromatic hydroxyl groups is 1. The number of benzene rings is 1. The van der Waals surface area contributed by atoms with E-state index in [9.17, 15) is 18.3 Å². The Morgan fingerprint density at radius 2 is 1.91 bits per heavy atom. The topological polar surface area (TPSA) is 90.0 Å². The normalized spacial score (nSPS) is 16.5. The molecule has 2 rings (SSSR count). The van der Waals surface area contributed by atoms with Crippen molar-refractivity contribution in [1.29, 1.82) is 0 Å². The summed E-state index contributed by atoms with van der Waals surface area (Å²) < 4.78 is 26.5. The minimum absolute atomic E-state index is 0.0843. The van der Waals surface area contributed by atoms with Crippen molar-refractivity contribution in [3.05, 3.63) is 23.8 Å². The molecular weight excluding hydrogens is 306 g/mol. The zero-order valence-corrected chi connectivity index (χ0v) is 13.6. The molecule has 0 saturated carbocycles. The molecule has 2 amide bonds. The lowest BCUT2D eigenvalue weighted by molar-refractivity contribution is 0.172. The largest absolute Gasteiger partial charge is 0.507 e. The Kier molecular flexibility index (Phi) is 4.92. The summed E-state index contributed by atoms with van der Waals surface area (Å²) in [4.78, 5) is 13.2. The summed E-state index contributed by atoms with van der Waals surface area (Å²) in [6, 6.07) is 4.31. The molecular formula is C14H21N3O4S. The lowest BCUT2D eigenvalue weighted by Crippen LogP contribution is -2.53. The van der Waals surface area contributed by atoms with Gasteiger partial charge in [0.1, 0.15) is 10.6 Å². The van der Waals surface area contributed by atoms with Crippen LogP contribution >= 0.6 is 0 Å². The van der Waals surface area contributed by atoms with Gasteiger partial charge in [-0.2, -0.15) is 4.31 Å². The number of aryl methyl sites for hydroxylation is 1. The summed E-state index contributed by atoms with van der Waals surface area (Å²) in [5, 5.41) is 12.5. The molecule has 0 spiro atoms. The third kappa shape index (κ3) is 3.33. The number of phenols is 1. The number of rotatable bonds is 3. The molecule has 1 fully saturated rings. The number of carbonyl (C=O) groups excluding carboxylic acids is 1. The number of urea groups is 1. The molecule has 122 valence electrons. The van der Waals surface area contributed by atoms with Crippen molar-refractivity contribution in [2.24, 2.45) is 0 Å². The van der Waals surface area contributed by atoms with E-state index in [4.69, 9.17) is 0 Å². The molecule has 7 nitrogen and oxygen atoms in total. The van der Waals surface area contributed by atoms with Crippen LogP contribution in [0, 0.1) is 6.92 Å². The van der Waals surface area contributed by atoms with Gasteiger partial charge >= 0.3 is 6.03 Å². The van der Waals surface area contributed by atoms with E-state index in [2.05, 4.69) is 5.32 Å². The smallest absolute Gasteiger partial charge is 0.317 e. The average molecular weight is 327 g/mol. The van der Waals surface area contributed by atoms with Gasteiger partial charge < -0.3 is 15.3 Å². The highest BCUT2D eigenvalue weighted by atomic mass is 32.2. The number of sulfonamides is 1. The van der Waals surface area contributed by atoms with Gasteiger partial charge in [0.2, 0.25) is 10.0 Å². The van der Waals surface area contributed by atoms with Crippen LogP contribution in [0.2, 0.25) is 0 Å². The second kappa shape index (κ2) is 6.53. The Morgan fingerprint density at radius 1 is 1.27 bits per heavy atom. The van der Waals surface area contributed by atoms with Crippen molar-refractivity contribution in [3.8, 4) is 5.75 Å². The van der Waals surface area contributed by atoms with Gasteiger partial charge in [0.15, 0.2) is 0 Å². The molecule has 22 heavy (non-hydrogen) atoms. The van der Waals surface area contributed by atoms with E-state index >= 15 is 0 Å². The summed E-state index contributed by atoms with van der Waals surface area (Å²) in [6.45, 7) is 5.23. The summed E-state index contributed by atoms with van der Waals surface area (Å²) in [5.74, 6) is -0.253. The van der Waals surface area contributed by atoms with E-state index < -0.39 is 10.0 Å². The number of nitrogens with zero attached hydrogens (tertiary/aromatic N) is 2. The lowest BCUT2D eigenvalue weighted by atomic mass is 10.2. The second-order valence-electron chi connectivity index (χ2n) is 5.20. The van der Waals surface area contributed by atoms with Gasteiger partial charge in [-0.15, -0.1) is 0 Å². The van der Waals surface area contributed by atoms with Gasteiger partial charge in [0, 0.05) is 32.7 Å². The Balaban J connectivity index is 2.13. The van der Waals surface area contributed by atoms with Crippen LogP contribution in [0.25, 0.3) is 0 Å². The van der Waals surface area contributed by atoms with E-state index in [0.717, 1.165) is 5.56 Å². The lowest BCUT2D eigenvalue weighted by Gasteiger charge is -2.34. The van der Waals surface area contributed by atoms with Crippen molar-refractivity contribution in [1.82, 2.24) is 14.5 Å². The quantitative estimate of drug-likeness (QED) is 0.857. The molecule has 0 unspecified atom stereocenters. The fraction of sp³-hybridized carbons (Fsp3) is 0.500. The minimum Gasteiger partial charge on any atom is -0.507 e. The van der Waals surface area contributed by atoms with E-state index in [0.29, 0.717) is 19.6 Å². The number of amides is 2. The fourth-order valence-corrected chi connectivity index (χ4v) is 3.95. The van der Waals surface area contributed by atoms with Crippen LogP contribution in [0.5, 0.6) is 5.75 Å². The number of phenolic OH excluding ortho intramolecular Hbond substituents is 1. The third-order valence-corrected chi connectivity index (χ3v) is 5.51. The molecule has 0 aromatic heterocycles. The van der Waals surface area contributed by atoms with Crippen LogP contribution in [0.4, 0.5) is 4.79 Å². The third-order valence-electron chi connectivity index (χ3n) is 3.59. The summed E-state index contributed by atoms with van der Waals surface area (Å²) in [5.41, 5.74) is 0.761. The maximum Gasteiger partial charge on any atom is 0.317 e. The summed E-state index contributed by atoms with van der Waals surface area (Å²) in [7, 11) is -3.75. The molecule has 0 bridgehead atoms. The van der Waals surface area contributed by atoms with Gasteiger partial charge in [-0.25, -0.2) is 13.2 Å². The number of piperazine rings is 1. The Morgan fingerprint density at radius 3 is 2.50 bits per heavy atom. The zero-order valence-electron chi connectivity index (χ0n) is 12.7. The van der Waals surface area contributed by atoms with Crippen LogP contribution in [0.15, 0.2) is 23.1 Å². The number of hydrogen-bond acceptors (Lipinski definition) is 4. The van der Waals surface area contributed by atoms with Crippen LogP contribution in [-0.2, 0) is 10.0 Å². The van der Waals surface area contributed by atoms with Crippen molar-refractivity contribution >= 4 is 16.1 Å². The first-order valence-electron chi connectivity index (χ1n) is 7.18. The predicted octanol–water partition coefficient (Wildman–Crippen LogP) is 0.736. The minimum atomic E-state index is -3.75. The summed E-state index contributed by atoms with van der Waals surface area (Å²) >= 11 is 0. The molecule has 2 N–H and O–H groups in total. The van der Waals surface area contributed by atoms with Crippen LogP contribution < -0.4 is 5.32 Å². The average Bonchev–Trinajstić information content (AvgIpc) is 2.50. The van der Waals surface area contributed by atoms with Crippen molar-refractivity contribution in [3.63, 3.8) is 0 Å². The molecule has 1 aromatic carbocycles. The first kappa shape index (κ1) is 16.6. The van der Waals surface area contributed by atoms with E-state index in [1.165, 1.54) is 16.4 Å². The SMILES string of the molecule is CCNC(=O)N1CCN(S(=O)(=O)c2cc(C)ccc2O)CC1. The first-order chi connectivity index (χ1) is 10.4. The molecule has 1 aromatic rings. The standard InChI is InChI=1S/C14H21N3O4S/c1-3-15-14(19)16-6-8-17(9-7-16)22(20,21)13-10-11(2)4-5-12(13)18/h4-5,10,18H,3,6-9H2,1-2H3,(H,15,19). The monoisotopic (exact) mass is 327 g/mol. The number of carbonyl (C=O) groups is 1. The first-order valence-corrected chi connectivity index (χ1v) is 8.63. The highest BCUT2D eigenvalue weighted by Crippen LogP contribution is 2.27. The van der Waals surface area contributed by atoms with E-state index in [1.807, 2.05) is 6.92 Å². The van der Waals surface area contributed by atoms with E-state index in [1.54, 1.807) is 17.9 Å². The molecule has 8 heteroatoms. The summed E-state index contributed by atoms with van der Waals surface area (Å²) in [6.07, 6.45) is 0. The Hall–Kier alpha value is -1.80. The Bertz CT molecular complexity index is 652. The maximum absolute atomic E-state index is 12.6. The van der Waals surface area contributed by atoms with Crippen molar-refractivity contribution < 1.29 is 18.3 Å². The molecule has 0 atom stereocenters. The van der Waals surface area contributed by atoms with Crippen molar-refractivity contribution in [2.45, 2.75) is 18.7 Å². The maximum atomic E-state index is 12.6. The molecule has 1 saturated heterocycles. The molecule has 1 aliphatic rings. The zero-order chi connectivity index (χ0) is 16.3. The number of hydrogen-bond donors (Lipinski definition) is 2. The fourth-order valence-electron chi connectivity index (χ4n) is 2.36. The van der Waals surface area contributed by atoms with Gasteiger partial charge in [-0.3, -0.25) is 0 Å². The Labute approximate surface area is 130 Å².